The largest absolute Gasteiger partial charge is 0.456 e. The molecule has 5 nitrogen and oxygen atoms in total. The van der Waals surface area contributed by atoms with Gasteiger partial charge >= 0.3 is 0 Å². The first-order valence-electron chi connectivity index (χ1n) is 22.5. The van der Waals surface area contributed by atoms with Crippen molar-refractivity contribution in [3.63, 3.8) is 0 Å². The first-order chi connectivity index (χ1) is 30.6. The van der Waals surface area contributed by atoms with Gasteiger partial charge in [0.15, 0.2) is 17.5 Å². The molecule has 234 valence electrons. The van der Waals surface area contributed by atoms with Gasteiger partial charge in [-0.25, -0.2) is 15.0 Å². The Hall–Kier alpha value is -6.85. The van der Waals surface area contributed by atoms with Gasteiger partial charge < -0.3 is 8.83 Å². The molecule has 0 bridgehead atoms. The van der Waals surface area contributed by atoms with Gasteiger partial charge in [-0.2, -0.15) is 0 Å². The molecule has 50 heavy (non-hydrogen) atoms. The highest BCUT2D eigenvalue weighted by Crippen LogP contribution is 2.37. The molecule has 0 aliphatic carbocycles. The van der Waals surface area contributed by atoms with Crippen molar-refractivity contribution in [1.29, 1.82) is 0 Å². The predicted molar refractivity (Wildman–Crippen MR) is 202 cm³/mol. The van der Waals surface area contributed by atoms with E-state index in [9.17, 15) is 1.37 Å². The summed E-state index contributed by atoms with van der Waals surface area (Å²) in [6.07, 6.45) is 0. The molecule has 0 amide bonds. The standard InChI is InChI=1S/C45H27N3O2/c1-2-10-28(11-3-1)31-12-8-13-32(26-31)29-20-22-30(23-21-29)43-46-44(33-24-25-41-38(27-33)35-15-5-6-18-39(35)49-41)48-45(47-43)37-17-9-16-36-34-14-4-7-19-40(34)50-42(36)37/h1-27H/i4D,5D,6D,7D,9D,14D,15D,16D,17D,18D,19D,24D,25D,27D. The van der Waals surface area contributed by atoms with Crippen LogP contribution in [0.15, 0.2) is 172 Å². The first-order valence-corrected chi connectivity index (χ1v) is 15.5. The van der Waals surface area contributed by atoms with E-state index >= 15 is 0 Å². The van der Waals surface area contributed by atoms with Crippen LogP contribution in [0.25, 0.3) is 100 Å². The fourth-order valence-electron chi connectivity index (χ4n) is 5.95. The molecule has 0 atom stereocenters. The van der Waals surface area contributed by atoms with Gasteiger partial charge in [0.1, 0.15) is 22.3 Å². The Morgan fingerprint density at radius 2 is 0.980 bits per heavy atom. The zero-order valence-electron chi connectivity index (χ0n) is 39.7. The van der Waals surface area contributed by atoms with Crippen molar-refractivity contribution >= 4 is 43.9 Å². The average Bonchev–Trinajstić information content (AvgIpc) is 3.92. The van der Waals surface area contributed by atoms with Crippen molar-refractivity contribution in [2.75, 3.05) is 0 Å². The minimum Gasteiger partial charge on any atom is -0.456 e. The van der Waals surface area contributed by atoms with Gasteiger partial charge in [0, 0.05) is 32.7 Å². The lowest BCUT2D eigenvalue weighted by Crippen LogP contribution is -2.00. The minimum atomic E-state index is -0.639. The van der Waals surface area contributed by atoms with E-state index in [1.807, 2.05) is 66.7 Å². The van der Waals surface area contributed by atoms with Crippen LogP contribution in [0, 0.1) is 0 Å². The highest BCUT2D eigenvalue weighted by atomic mass is 16.3. The Morgan fingerprint density at radius 1 is 0.400 bits per heavy atom. The molecule has 7 aromatic carbocycles. The van der Waals surface area contributed by atoms with Gasteiger partial charge in [0.05, 0.1) is 24.8 Å². The monoisotopic (exact) mass is 655 g/mol. The van der Waals surface area contributed by atoms with Gasteiger partial charge in [-0.3, -0.25) is 0 Å². The van der Waals surface area contributed by atoms with Crippen LogP contribution in [0.4, 0.5) is 0 Å². The van der Waals surface area contributed by atoms with Crippen molar-refractivity contribution < 1.29 is 28.0 Å². The van der Waals surface area contributed by atoms with E-state index in [2.05, 4.69) is 4.98 Å². The maximum Gasteiger partial charge on any atom is 0.167 e. The molecule has 10 aromatic rings. The first kappa shape index (κ1) is 17.5. The highest BCUT2D eigenvalue weighted by Gasteiger charge is 2.18. The third kappa shape index (κ3) is 4.75. The molecule has 0 aliphatic heterocycles. The lowest BCUT2D eigenvalue weighted by molar-refractivity contribution is 0.669. The van der Waals surface area contributed by atoms with E-state index in [-0.39, 0.29) is 72.5 Å². The number of rotatable bonds is 5. The van der Waals surface area contributed by atoms with Crippen LogP contribution < -0.4 is 0 Å². The Balaban J connectivity index is 1.26. The number of benzene rings is 7. The second-order valence-corrected chi connectivity index (χ2v) is 11.4. The number of furan rings is 2. The lowest BCUT2D eigenvalue weighted by atomic mass is 9.98. The summed E-state index contributed by atoms with van der Waals surface area (Å²) in [4.78, 5) is 14.0. The van der Waals surface area contributed by atoms with Gasteiger partial charge in [0.25, 0.3) is 0 Å². The summed E-state index contributed by atoms with van der Waals surface area (Å²) in [6, 6.07) is 16.9. The average molecular weight is 656 g/mol. The summed E-state index contributed by atoms with van der Waals surface area (Å²) in [5.41, 5.74) is 2.24. The lowest BCUT2D eigenvalue weighted by Gasteiger charge is -2.10. The zero-order valence-corrected chi connectivity index (χ0v) is 25.7. The molecule has 3 heterocycles. The number of nitrogens with zero attached hydrogens (tertiary/aromatic N) is 3. The van der Waals surface area contributed by atoms with Gasteiger partial charge in [0.2, 0.25) is 0 Å². The summed E-state index contributed by atoms with van der Waals surface area (Å²) >= 11 is 0. The predicted octanol–water partition coefficient (Wildman–Crippen LogP) is 12.0. The summed E-state index contributed by atoms with van der Waals surface area (Å²) in [5, 5.41) is -0.770. The molecule has 5 heteroatoms. The van der Waals surface area contributed by atoms with Crippen molar-refractivity contribution in [1.82, 2.24) is 15.0 Å². The molecule has 10 rings (SSSR count). The van der Waals surface area contributed by atoms with Gasteiger partial charge in [-0.1, -0.05) is 121 Å². The van der Waals surface area contributed by atoms with Crippen LogP contribution in [-0.2, 0) is 0 Å². The Morgan fingerprint density at radius 3 is 1.76 bits per heavy atom. The summed E-state index contributed by atoms with van der Waals surface area (Å²) in [7, 11) is 0. The number of aromatic nitrogens is 3. The van der Waals surface area contributed by atoms with E-state index in [1.165, 1.54) is 0 Å². The maximum absolute atomic E-state index is 9.45. The summed E-state index contributed by atoms with van der Waals surface area (Å²) < 4.78 is 134. The van der Waals surface area contributed by atoms with Crippen LogP contribution in [0.2, 0.25) is 0 Å². The summed E-state index contributed by atoms with van der Waals surface area (Å²) in [6.45, 7) is 0. The van der Waals surface area contributed by atoms with E-state index in [1.54, 1.807) is 12.1 Å². The molecule has 0 radical (unpaired) electrons. The molecule has 0 N–H and O–H groups in total. The maximum atomic E-state index is 9.45. The second-order valence-electron chi connectivity index (χ2n) is 11.4. The molecule has 0 spiro atoms. The third-order valence-corrected chi connectivity index (χ3v) is 8.35. The number of fused-ring (bicyclic) bond motifs is 6. The number of hydrogen-bond acceptors (Lipinski definition) is 5. The topological polar surface area (TPSA) is 65.0 Å². The zero-order chi connectivity index (χ0) is 45.2. The van der Waals surface area contributed by atoms with Crippen LogP contribution in [-0.4, -0.2) is 15.0 Å². The van der Waals surface area contributed by atoms with Crippen molar-refractivity contribution in [2.45, 2.75) is 0 Å². The van der Waals surface area contributed by atoms with Gasteiger partial charge in [-0.15, -0.1) is 0 Å². The van der Waals surface area contributed by atoms with Gasteiger partial charge in [-0.05, 0) is 64.6 Å². The Bertz CT molecular complexity index is 3670. The third-order valence-electron chi connectivity index (χ3n) is 8.35. The van der Waals surface area contributed by atoms with E-state index < -0.39 is 84.6 Å². The minimum absolute atomic E-state index is 0.0663. The van der Waals surface area contributed by atoms with E-state index in [0.717, 1.165) is 22.3 Å². The van der Waals surface area contributed by atoms with Crippen LogP contribution in [0.5, 0.6) is 0 Å². The quantitative estimate of drug-likeness (QED) is 0.185. The van der Waals surface area contributed by atoms with E-state index in [4.69, 9.17) is 36.6 Å². The fraction of sp³-hybridized carbons (Fsp3) is 0. The Labute approximate surface area is 306 Å². The smallest absolute Gasteiger partial charge is 0.167 e. The van der Waals surface area contributed by atoms with E-state index in [0.29, 0.717) is 5.56 Å². The van der Waals surface area contributed by atoms with Crippen LogP contribution in [0.1, 0.15) is 19.2 Å². The highest BCUT2D eigenvalue weighted by molar-refractivity contribution is 6.09. The molecular weight excluding hydrogens is 615 g/mol. The Kier molecular flexibility index (Phi) is 3.99. The van der Waals surface area contributed by atoms with Crippen LogP contribution >= 0.6 is 0 Å². The molecule has 3 aromatic heterocycles. The fourth-order valence-corrected chi connectivity index (χ4v) is 5.95. The normalized spacial score (nSPS) is 15.5. The van der Waals surface area contributed by atoms with Crippen molar-refractivity contribution in [2.24, 2.45) is 0 Å². The molecule has 0 saturated carbocycles. The number of para-hydroxylation sites is 3. The molecule has 0 saturated heterocycles. The molecule has 0 fully saturated rings. The van der Waals surface area contributed by atoms with Crippen LogP contribution in [0.3, 0.4) is 0 Å². The molecular formula is C45H27N3O2. The molecule has 0 aliphatic rings. The SMILES string of the molecule is [2H]c1c([2H])c([2H])c2c(oc3c([2H])c([2H])c(-c4nc(-c5ccc(-c6cccc(-c7ccccc7)c6)cc5)nc(-c5c([2H])c([2H])c([2H])c6c5oc5c([2H])c([2H])c([2H])c([2H])c56)n4)c([2H])c32)c1[2H]. The van der Waals surface area contributed by atoms with Crippen molar-refractivity contribution in [3.05, 3.63) is 163 Å². The number of hydrogen-bond donors (Lipinski definition) is 0. The van der Waals surface area contributed by atoms with Crippen molar-refractivity contribution in [3.8, 4) is 56.4 Å². The molecule has 0 unspecified atom stereocenters. The second kappa shape index (κ2) is 11.4. The summed E-state index contributed by atoms with van der Waals surface area (Å²) in [5.74, 6) is -0.806.